The first-order chi connectivity index (χ1) is 17.4. The van der Waals surface area contributed by atoms with E-state index in [-0.39, 0.29) is 19.8 Å². The fourth-order valence-electron chi connectivity index (χ4n) is 3.04. The summed E-state index contributed by atoms with van der Waals surface area (Å²) in [6, 6.07) is 7.68. The first-order valence-electron chi connectivity index (χ1n) is 10.7. The number of nitrogens with zero attached hydrogens (tertiary/aromatic N) is 4. The van der Waals surface area contributed by atoms with Crippen molar-refractivity contribution < 1.29 is 38.1 Å². The van der Waals surface area contributed by atoms with Crippen molar-refractivity contribution in [2.45, 2.75) is 13.1 Å². The highest BCUT2D eigenvalue weighted by Gasteiger charge is 2.09. The molecule has 36 heavy (non-hydrogen) atoms. The summed E-state index contributed by atoms with van der Waals surface area (Å²) in [7, 11) is 2.43. The van der Waals surface area contributed by atoms with E-state index < -0.39 is 23.9 Å². The summed E-state index contributed by atoms with van der Waals surface area (Å²) in [5.74, 6) is -2.11. The van der Waals surface area contributed by atoms with Gasteiger partial charge >= 0.3 is 23.9 Å². The van der Waals surface area contributed by atoms with Gasteiger partial charge in [-0.15, -0.1) is 0 Å². The molecule has 0 saturated heterocycles. The zero-order valence-corrected chi connectivity index (χ0v) is 19.7. The number of hydrogen-bond donors (Lipinski definition) is 0. The van der Waals surface area contributed by atoms with Crippen molar-refractivity contribution in [3.05, 3.63) is 61.1 Å². The molecule has 12 heteroatoms. The number of esters is 4. The lowest BCUT2D eigenvalue weighted by Gasteiger charge is -2.07. The lowest BCUT2D eigenvalue weighted by molar-refractivity contribution is -0.139. The average molecular weight is 496 g/mol. The van der Waals surface area contributed by atoms with Crippen LogP contribution < -0.4 is 0 Å². The lowest BCUT2D eigenvalue weighted by Crippen LogP contribution is -2.10. The van der Waals surface area contributed by atoms with Crippen LogP contribution >= 0.6 is 0 Å². The van der Waals surface area contributed by atoms with E-state index in [9.17, 15) is 19.2 Å². The molecule has 0 aliphatic carbocycles. The zero-order chi connectivity index (χ0) is 25.9. The Morgan fingerprint density at radius 1 is 0.833 bits per heavy atom. The molecule has 0 radical (unpaired) electrons. The predicted octanol–water partition coefficient (Wildman–Crippen LogP) is 1.44. The van der Waals surface area contributed by atoms with Gasteiger partial charge in [0.2, 0.25) is 0 Å². The normalized spacial score (nSPS) is 11.2. The molecule has 0 bridgehead atoms. The van der Waals surface area contributed by atoms with Crippen molar-refractivity contribution in [3.63, 3.8) is 0 Å². The molecular weight excluding hydrogens is 472 g/mol. The molecule has 3 rings (SSSR count). The molecule has 0 atom stereocenters. The van der Waals surface area contributed by atoms with Crippen molar-refractivity contribution >= 4 is 34.8 Å². The van der Waals surface area contributed by atoms with Crippen LogP contribution in [-0.4, -0.2) is 70.6 Å². The highest BCUT2D eigenvalue weighted by atomic mass is 16.5. The Morgan fingerprint density at radius 3 is 2.08 bits per heavy atom. The molecule has 1 aromatic carbocycles. The quantitative estimate of drug-likeness (QED) is 0.217. The summed E-state index contributed by atoms with van der Waals surface area (Å²) in [5.41, 5.74) is 1.67. The maximum Gasteiger partial charge on any atom is 0.331 e. The molecule has 0 unspecified atom stereocenters. The molecule has 0 spiro atoms. The third kappa shape index (κ3) is 7.38. The minimum Gasteiger partial charge on any atom is -0.466 e. The molecule has 2 aromatic heterocycles. The number of aromatic nitrogens is 4. The van der Waals surface area contributed by atoms with Crippen LogP contribution in [0.3, 0.4) is 0 Å². The van der Waals surface area contributed by atoms with Crippen LogP contribution in [0.5, 0.6) is 0 Å². The van der Waals surface area contributed by atoms with Gasteiger partial charge in [0.25, 0.3) is 0 Å². The second-order valence-electron chi connectivity index (χ2n) is 7.16. The summed E-state index contributed by atoms with van der Waals surface area (Å²) < 4.78 is 22.4. The van der Waals surface area contributed by atoms with Gasteiger partial charge in [-0.25, -0.2) is 28.8 Å². The highest BCUT2D eigenvalue weighted by Crippen LogP contribution is 2.23. The first kappa shape index (κ1) is 25.9. The summed E-state index contributed by atoms with van der Waals surface area (Å²) in [6.07, 6.45) is 7.38. The van der Waals surface area contributed by atoms with Gasteiger partial charge in [0, 0.05) is 41.6 Å². The summed E-state index contributed by atoms with van der Waals surface area (Å²) in [4.78, 5) is 49.6. The van der Waals surface area contributed by atoms with E-state index in [1.165, 1.54) is 25.2 Å². The highest BCUT2D eigenvalue weighted by molar-refractivity contribution is 5.92. The van der Waals surface area contributed by atoms with E-state index in [4.69, 9.17) is 9.47 Å². The SMILES string of the molecule is COC(=O)/C=C/C(=O)OCCn1cnc(-c2ccc3ccn(CCOC(=O)/C=C/C(=O)OC)c3c2)n1. The van der Waals surface area contributed by atoms with Crippen LogP contribution in [0.15, 0.2) is 61.1 Å². The van der Waals surface area contributed by atoms with E-state index in [1.54, 1.807) is 0 Å². The Labute approximate surface area is 205 Å². The number of rotatable bonds is 11. The van der Waals surface area contributed by atoms with Gasteiger partial charge in [-0.1, -0.05) is 12.1 Å². The van der Waals surface area contributed by atoms with Gasteiger partial charge in [-0.2, -0.15) is 5.10 Å². The van der Waals surface area contributed by atoms with Crippen molar-refractivity contribution in [2.24, 2.45) is 0 Å². The number of benzene rings is 1. The summed E-state index contributed by atoms with van der Waals surface area (Å²) in [5, 5.41) is 5.40. The largest absolute Gasteiger partial charge is 0.466 e. The van der Waals surface area contributed by atoms with Crippen LogP contribution in [-0.2, 0) is 51.2 Å². The molecule has 2 heterocycles. The van der Waals surface area contributed by atoms with Crippen molar-refractivity contribution in [3.8, 4) is 11.4 Å². The van der Waals surface area contributed by atoms with E-state index in [0.29, 0.717) is 12.4 Å². The van der Waals surface area contributed by atoms with Gasteiger partial charge in [0.15, 0.2) is 5.82 Å². The molecule has 0 aliphatic rings. The lowest BCUT2D eigenvalue weighted by atomic mass is 10.1. The van der Waals surface area contributed by atoms with Crippen molar-refractivity contribution in [2.75, 3.05) is 27.4 Å². The standard InChI is InChI=1S/C24H24N4O8/c1-33-20(29)5-7-22(31)35-13-11-27-10-9-17-3-4-18(15-19(17)27)24-25-16-28(26-24)12-14-36-23(32)8-6-21(30)34-2/h3-10,15-16H,11-14H2,1-2H3/b7-5+,8-6+. The molecule has 12 nitrogen and oxygen atoms in total. The predicted molar refractivity (Wildman–Crippen MR) is 125 cm³/mol. The summed E-state index contributed by atoms with van der Waals surface area (Å²) in [6.45, 7) is 0.836. The topological polar surface area (TPSA) is 141 Å². The van der Waals surface area contributed by atoms with Crippen LogP contribution in [0.25, 0.3) is 22.3 Å². The molecule has 0 saturated carbocycles. The molecule has 0 fully saturated rings. The molecule has 0 N–H and O–H groups in total. The maximum atomic E-state index is 11.7. The second kappa shape index (κ2) is 12.6. The van der Waals surface area contributed by atoms with Crippen LogP contribution in [0.1, 0.15) is 0 Å². The van der Waals surface area contributed by atoms with Crippen molar-refractivity contribution in [1.82, 2.24) is 19.3 Å². The van der Waals surface area contributed by atoms with E-state index in [1.807, 2.05) is 35.0 Å². The number of methoxy groups -OCH3 is 2. The smallest absolute Gasteiger partial charge is 0.331 e. The van der Waals surface area contributed by atoms with Crippen LogP contribution in [0.2, 0.25) is 0 Å². The number of fused-ring (bicyclic) bond motifs is 1. The summed E-state index contributed by atoms with van der Waals surface area (Å²) >= 11 is 0. The minimum atomic E-state index is -0.669. The van der Waals surface area contributed by atoms with Crippen LogP contribution in [0, 0.1) is 0 Å². The fraction of sp³-hybridized carbons (Fsp3) is 0.250. The number of carbonyl (C=O) groups excluding carboxylic acids is 4. The van der Waals surface area contributed by atoms with E-state index >= 15 is 0 Å². The number of ether oxygens (including phenoxy) is 4. The maximum absolute atomic E-state index is 11.7. The average Bonchev–Trinajstić information content (AvgIpc) is 3.52. The van der Waals surface area contributed by atoms with E-state index in [2.05, 4.69) is 19.6 Å². The number of hydrogen-bond acceptors (Lipinski definition) is 10. The zero-order valence-electron chi connectivity index (χ0n) is 19.7. The third-order valence-corrected chi connectivity index (χ3v) is 4.82. The molecule has 3 aromatic rings. The minimum absolute atomic E-state index is 0.0442. The second-order valence-corrected chi connectivity index (χ2v) is 7.16. The third-order valence-electron chi connectivity index (χ3n) is 4.82. The van der Waals surface area contributed by atoms with Gasteiger partial charge in [-0.05, 0) is 17.5 Å². The van der Waals surface area contributed by atoms with Gasteiger partial charge in [0.1, 0.15) is 19.5 Å². The van der Waals surface area contributed by atoms with Gasteiger partial charge in [-0.3, -0.25) is 0 Å². The Balaban J connectivity index is 1.57. The molecule has 188 valence electrons. The molecular formula is C24H24N4O8. The Hall–Kier alpha value is -4.74. The van der Waals surface area contributed by atoms with Crippen LogP contribution in [0.4, 0.5) is 0 Å². The van der Waals surface area contributed by atoms with Crippen molar-refractivity contribution in [1.29, 1.82) is 0 Å². The van der Waals surface area contributed by atoms with Gasteiger partial charge < -0.3 is 23.5 Å². The number of carbonyl (C=O) groups is 4. The first-order valence-corrected chi connectivity index (χ1v) is 10.7. The molecule has 0 aliphatic heterocycles. The Morgan fingerprint density at radius 2 is 1.44 bits per heavy atom. The Kier molecular flexibility index (Phi) is 9.09. The van der Waals surface area contributed by atoms with E-state index in [0.717, 1.165) is 40.8 Å². The Bertz CT molecular complexity index is 1300. The molecule has 0 amide bonds. The fourth-order valence-corrected chi connectivity index (χ4v) is 3.04. The van der Waals surface area contributed by atoms with Gasteiger partial charge in [0.05, 0.1) is 27.3 Å². The monoisotopic (exact) mass is 496 g/mol.